The predicted octanol–water partition coefficient (Wildman–Crippen LogP) is 1.42. The molecule has 2 aliphatic heterocycles. The number of nitriles is 1. The van der Waals surface area contributed by atoms with E-state index in [1.807, 2.05) is 18.7 Å². The van der Waals surface area contributed by atoms with Crippen molar-refractivity contribution in [2.24, 2.45) is 0 Å². The van der Waals surface area contributed by atoms with Crippen LogP contribution in [-0.2, 0) is 6.54 Å². The monoisotopic (exact) mass is 338 g/mol. The maximum Gasteiger partial charge on any atom is 0.272 e. The van der Waals surface area contributed by atoms with E-state index < -0.39 is 0 Å². The van der Waals surface area contributed by atoms with Crippen LogP contribution in [0.25, 0.3) is 0 Å². The second kappa shape index (κ2) is 5.70. The summed E-state index contributed by atoms with van der Waals surface area (Å²) in [4.78, 5) is 14.8. The average molecular weight is 338 g/mol. The van der Waals surface area contributed by atoms with E-state index in [0.717, 1.165) is 17.1 Å². The van der Waals surface area contributed by atoms with E-state index in [1.54, 1.807) is 22.9 Å². The van der Waals surface area contributed by atoms with Gasteiger partial charge in [-0.1, -0.05) is 0 Å². The molecule has 0 saturated heterocycles. The average Bonchev–Trinajstić information content (AvgIpc) is 3.16. The smallest absolute Gasteiger partial charge is 0.272 e. The van der Waals surface area contributed by atoms with Gasteiger partial charge >= 0.3 is 0 Å². The zero-order valence-electron chi connectivity index (χ0n) is 14.0. The summed E-state index contributed by atoms with van der Waals surface area (Å²) in [5.41, 5.74) is 3.54. The summed E-state index contributed by atoms with van der Waals surface area (Å²) >= 11 is 0. The molecule has 128 valence electrons. The lowest BCUT2D eigenvalue weighted by Crippen LogP contribution is -2.52. The Morgan fingerprint density at radius 3 is 3.12 bits per heavy atom. The molecule has 2 aliphatic rings. The molecule has 4 rings (SSSR count). The highest BCUT2D eigenvalue weighted by atomic mass is 16.5. The molecule has 2 N–H and O–H groups in total. The fourth-order valence-corrected chi connectivity index (χ4v) is 3.32. The summed E-state index contributed by atoms with van der Waals surface area (Å²) in [6, 6.07) is 7.41. The lowest BCUT2D eigenvalue weighted by Gasteiger charge is -2.31. The van der Waals surface area contributed by atoms with Crippen molar-refractivity contribution in [3.63, 3.8) is 0 Å². The van der Waals surface area contributed by atoms with Crippen molar-refractivity contribution in [1.82, 2.24) is 15.1 Å². The van der Waals surface area contributed by atoms with Gasteiger partial charge < -0.3 is 20.3 Å². The lowest BCUT2D eigenvalue weighted by atomic mass is 10.1. The Labute approximate surface area is 145 Å². The number of nitrogens with one attached hydrogen (secondary N) is 2. The highest BCUT2D eigenvalue weighted by Crippen LogP contribution is 2.44. The third-order valence-corrected chi connectivity index (χ3v) is 4.39. The minimum absolute atomic E-state index is 0.193. The number of rotatable bonds is 3. The van der Waals surface area contributed by atoms with Crippen molar-refractivity contribution in [1.29, 1.82) is 5.26 Å². The van der Waals surface area contributed by atoms with Gasteiger partial charge in [0, 0.05) is 12.6 Å². The van der Waals surface area contributed by atoms with Crippen LogP contribution in [-0.4, -0.2) is 35.1 Å². The third kappa shape index (κ3) is 2.45. The number of carbonyl (C=O) groups excluding carboxylic acids is 1. The molecule has 0 spiro atoms. The fraction of sp³-hybridized carbons (Fsp3) is 0.353. The maximum absolute atomic E-state index is 12.7. The second-order valence-corrected chi connectivity index (χ2v) is 6.03. The second-order valence-electron chi connectivity index (χ2n) is 6.03. The van der Waals surface area contributed by atoms with E-state index in [9.17, 15) is 4.79 Å². The number of nitrogens with zero attached hydrogens (tertiary/aromatic N) is 4. The van der Waals surface area contributed by atoms with Crippen molar-refractivity contribution in [2.45, 2.75) is 26.7 Å². The standard InChI is InChI=1S/C17H18N6O2/c1-3-23-13(6-10(2)21-23)16(24)20-17-19-12-7-11(9-18)8-14-15(12)22(17)4-5-25-14/h6-8,17,19H,3-5H2,1-2H3,(H,20,24). The van der Waals surface area contributed by atoms with E-state index >= 15 is 0 Å². The number of aromatic nitrogens is 2. The van der Waals surface area contributed by atoms with Gasteiger partial charge in [-0.15, -0.1) is 0 Å². The highest BCUT2D eigenvalue weighted by Gasteiger charge is 2.36. The van der Waals surface area contributed by atoms with Crippen LogP contribution in [0.4, 0.5) is 11.4 Å². The number of benzene rings is 1. The predicted molar refractivity (Wildman–Crippen MR) is 91.5 cm³/mol. The van der Waals surface area contributed by atoms with Gasteiger partial charge in [0.1, 0.15) is 23.7 Å². The largest absolute Gasteiger partial charge is 0.489 e. The van der Waals surface area contributed by atoms with E-state index in [2.05, 4.69) is 21.8 Å². The number of anilines is 2. The molecule has 3 heterocycles. The number of hydrogen-bond donors (Lipinski definition) is 2. The van der Waals surface area contributed by atoms with Gasteiger partial charge in [-0.3, -0.25) is 9.48 Å². The molecule has 2 aromatic rings. The van der Waals surface area contributed by atoms with Gasteiger partial charge in [-0.05, 0) is 26.0 Å². The molecular weight excluding hydrogens is 320 g/mol. The minimum atomic E-state index is -0.389. The Balaban J connectivity index is 1.62. The molecular formula is C17H18N6O2. The van der Waals surface area contributed by atoms with Crippen molar-refractivity contribution in [3.05, 3.63) is 35.2 Å². The van der Waals surface area contributed by atoms with Crippen LogP contribution >= 0.6 is 0 Å². The maximum atomic E-state index is 12.7. The topological polar surface area (TPSA) is 95.2 Å². The Kier molecular flexibility index (Phi) is 3.50. The molecule has 0 aliphatic carbocycles. The van der Waals surface area contributed by atoms with Gasteiger partial charge in [-0.2, -0.15) is 10.4 Å². The molecule has 1 aromatic heterocycles. The molecule has 25 heavy (non-hydrogen) atoms. The highest BCUT2D eigenvalue weighted by molar-refractivity contribution is 5.94. The van der Waals surface area contributed by atoms with Crippen LogP contribution in [0.5, 0.6) is 5.75 Å². The molecule has 8 heteroatoms. The van der Waals surface area contributed by atoms with Crippen molar-refractivity contribution in [3.8, 4) is 11.8 Å². The normalized spacial score (nSPS) is 17.3. The van der Waals surface area contributed by atoms with E-state index in [0.29, 0.717) is 36.7 Å². The van der Waals surface area contributed by atoms with Gasteiger partial charge in [0.2, 0.25) is 0 Å². The quantitative estimate of drug-likeness (QED) is 0.879. The SMILES string of the molecule is CCn1nc(C)cc1C(=O)NC1Nc2cc(C#N)cc3c2N1CCO3. The van der Waals surface area contributed by atoms with Crippen LogP contribution in [0.15, 0.2) is 18.2 Å². The molecule has 8 nitrogen and oxygen atoms in total. The summed E-state index contributed by atoms with van der Waals surface area (Å²) in [6.07, 6.45) is -0.389. The van der Waals surface area contributed by atoms with Gasteiger partial charge in [0.15, 0.2) is 6.29 Å². The van der Waals surface area contributed by atoms with Crippen molar-refractivity contribution in [2.75, 3.05) is 23.4 Å². The fourth-order valence-electron chi connectivity index (χ4n) is 3.32. The summed E-state index contributed by atoms with van der Waals surface area (Å²) in [6.45, 7) is 5.59. The number of hydrogen-bond acceptors (Lipinski definition) is 6. The summed E-state index contributed by atoms with van der Waals surface area (Å²) in [5.74, 6) is 0.472. The first kappa shape index (κ1) is 15.3. The number of carbonyl (C=O) groups is 1. The molecule has 1 atom stereocenters. The molecule has 0 saturated carbocycles. The van der Waals surface area contributed by atoms with E-state index in [4.69, 9.17) is 10.00 Å². The van der Waals surface area contributed by atoms with Crippen LogP contribution < -0.4 is 20.3 Å². The van der Waals surface area contributed by atoms with Gasteiger partial charge in [-0.25, -0.2) is 0 Å². The molecule has 0 bridgehead atoms. The molecule has 1 unspecified atom stereocenters. The first-order valence-corrected chi connectivity index (χ1v) is 8.20. The Hall–Kier alpha value is -3.21. The zero-order valence-corrected chi connectivity index (χ0v) is 14.0. The Morgan fingerprint density at radius 2 is 2.36 bits per heavy atom. The summed E-state index contributed by atoms with van der Waals surface area (Å²) in [7, 11) is 0. The lowest BCUT2D eigenvalue weighted by molar-refractivity contribution is 0.0929. The number of aryl methyl sites for hydroxylation is 2. The first-order chi connectivity index (χ1) is 12.1. The first-order valence-electron chi connectivity index (χ1n) is 8.20. The summed E-state index contributed by atoms with van der Waals surface area (Å²) < 4.78 is 7.36. The summed E-state index contributed by atoms with van der Waals surface area (Å²) in [5, 5.41) is 19.8. The Bertz CT molecular complexity index is 897. The van der Waals surface area contributed by atoms with Crippen molar-refractivity contribution < 1.29 is 9.53 Å². The van der Waals surface area contributed by atoms with Gasteiger partial charge in [0.05, 0.1) is 29.6 Å². The molecule has 0 fully saturated rings. The zero-order chi connectivity index (χ0) is 17.6. The van der Waals surface area contributed by atoms with Crippen LogP contribution in [0.1, 0.15) is 28.7 Å². The van der Waals surface area contributed by atoms with Crippen LogP contribution in [0, 0.1) is 18.3 Å². The minimum Gasteiger partial charge on any atom is -0.489 e. The molecule has 1 aromatic carbocycles. The molecule has 0 radical (unpaired) electrons. The van der Waals surface area contributed by atoms with Crippen LogP contribution in [0.3, 0.4) is 0 Å². The van der Waals surface area contributed by atoms with E-state index in [1.165, 1.54) is 0 Å². The van der Waals surface area contributed by atoms with Crippen molar-refractivity contribution >= 4 is 17.3 Å². The van der Waals surface area contributed by atoms with Crippen LogP contribution in [0.2, 0.25) is 0 Å². The van der Waals surface area contributed by atoms with E-state index in [-0.39, 0.29) is 12.2 Å². The van der Waals surface area contributed by atoms with Gasteiger partial charge in [0.25, 0.3) is 5.91 Å². The number of ether oxygens (including phenoxy) is 1. The molecule has 1 amide bonds. The number of amides is 1. The third-order valence-electron chi connectivity index (χ3n) is 4.39. The Morgan fingerprint density at radius 1 is 1.52 bits per heavy atom.